The van der Waals surface area contributed by atoms with Crippen LogP contribution >= 0.6 is 0 Å². The number of aliphatic hydroxyl groups is 1. The molecular formula is C17H28N2O2. The molecule has 1 saturated heterocycles. The highest BCUT2D eigenvalue weighted by Crippen LogP contribution is 2.22. The van der Waals surface area contributed by atoms with Gasteiger partial charge in [0.1, 0.15) is 0 Å². The second-order valence-electron chi connectivity index (χ2n) is 5.95. The lowest BCUT2D eigenvalue weighted by molar-refractivity contribution is -0.00270. The number of hydrogen-bond donors (Lipinski definition) is 1. The van der Waals surface area contributed by atoms with Crippen molar-refractivity contribution in [2.75, 3.05) is 52.5 Å². The monoisotopic (exact) mass is 292 g/mol. The third kappa shape index (κ3) is 5.08. The van der Waals surface area contributed by atoms with Gasteiger partial charge in [0.05, 0.1) is 12.2 Å². The lowest BCUT2D eigenvalue weighted by Gasteiger charge is -2.38. The zero-order chi connectivity index (χ0) is 15.1. The van der Waals surface area contributed by atoms with E-state index in [4.69, 9.17) is 4.74 Å². The van der Waals surface area contributed by atoms with Crippen LogP contribution in [0.3, 0.4) is 0 Å². The summed E-state index contributed by atoms with van der Waals surface area (Å²) in [5.74, 6) is 0. The van der Waals surface area contributed by atoms with Gasteiger partial charge < -0.3 is 9.84 Å². The summed E-state index contributed by atoms with van der Waals surface area (Å²) in [6.07, 6.45) is 0. The first-order valence-electron chi connectivity index (χ1n) is 7.92. The number of β-amino-alcohol motifs (C(OH)–C–C–N with tert-alkyl or cyclic N) is 1. The lowest BCUT2D eigenvalue weighted by atomic mass is 9.95. The molecule has 1 aromatic carbocycles. The van der Waals surface area contributed by atoms with Crippen molar-refractivity contribution in [3.63, 3.8) is 0 Å². The van der Waals surface area contributed by atoms with Gasteiger partial charge in [-0.3, -0.25) is 9.80 Å². The third-order valence-corrected chi connectivity index (χ3v) is 4.15. The highest BCUT2D eigenvalue weighted by atomic mass is 16.5. The van der Waals surface area contributed by atoms with Gasteiger partial charge in [-0.25, -0.2) is 0 Å². The van der Waals surface area contributed by atoms with Crippen LogP contribution in [0, 0.1) is 0 Å². The maximum Gasteiger partial charge on any atom is 0.0994 e. The van der Waals surface area contributed by atoms with Crippen LogP contribution in [0.5, 0.6) is 0 Å². The molecule has 4 nitrogen and oxygen atoms in total. The van der Waals surface area contributed by atoms with Gasteiger partial charge in [-0.1, -0.05) is 30.3 Å². The topological polar surface area (TPSA) is 35.9 Å². The van der Waals surface area contributed by atoms with Crippen molar-refractivity contribution in [1.29, 1.82) is 0 Å². The first kappa shape index (κ1) is 16.4. The standard InChI is InChI=1S/C17H28N2O2/c1-3-21-14-13-18-9-11-19(12-10-18)15-17(2,20)16-7-5-4-6-8-16/h4-8,20H,3,9-15H2,1-2H3/t17-/m1/s1. The van der Waals surface area contributed by atoms with Crippen LogP contribution in [0.1, 0.15) is 19.4 Å². The van der Waals surface area contributed by atoms with E-state index in [9.17, 15) is 5.11 Å². The van der Waals surface area contributed by atoms with Gasteiger partial charge in [0.15, 0.2) is 0 Å². The smallest absolute Gasteiger partial charge is 0.0994 e. The molecule has 0 saturated carbocycles. The van der Waals surface area contributed by atoms with Gasteiger partial charge in [-0.15, -0.1) is 0 Å². The van der Waals surface area contributed by atoms with Crippen molar-refractivity contribution in [2.24, 2.45) is 0 Å². The number of nitrogens with zero attached hydrogens (tertiary/aromatic N) is 2. The fourth-order valence-corrected chi connectivity index (χ4v) is 2.83. The van der Waals surface area contributed by atoms with Crippen molar-refractivity contribution in [2.45, 2.75) is 19.4 Å². The average molecular weight is 292 g/mol. The predicted octanol–water partition coefficient (Wildman–Crippen LogP) is 1.55. The van der Waals surface area contributed by atoms with Crippen molar-refractivity contribution >= 4 is 0 Å². The molecule has 0 unspecified atom stereocenters. The van der Waals surface area contributed by atoms with E-state index in [1.807, 2.05) is 44.2 Å². The Balaban J connectivity index is 1.78. The Bertz CT molecular complexity index is 401. The lowest BCUT2D eigenvalue weighted by Crippen LogP contribution is -2.50. The van der Waals surface area contributed by atoms with Gasteiger partial charge >= 0.3 is 0 Å². The molecule has 1 aliphatic heterocycles. The zero-order valence-corrected chi connectivity index (χ0v) is 13.3. The summed E-state index contributed by atoms with van der Waals surface area (Å²) in [7, 11) is 0. The second-order valence-corrected chi connectivity index (χ2v) is 5.95. The summed E-state index contributed by atoms with van der Waals surface area (Å²) in [4.78, 5) is 4.79. The summed E-state index contributed by atoms with van der Waals surface area (Å²) in [5, 5.41) is 10.7. The highest BCUT2D eigenvalue weighted by Gasteiger charge is 2.27. The molecule has 0 spiro atoms. The molecule has 1 atom stereocenters. The summed E-state index contributed by atoms with van der Waals surface area (Å²) in [6.45, 7) is 11.4. The van der Waals surface area contributed by atoms with Crippen LogP contribution in [0.25, 0.3) is 0 Å². The summed E-state index contributed by atoms with van der Waals surface area (Å²) >= 11 is 0. The van der Waals surface area contributed by atoms with E-state index in [1.165, 1.54) is 0 Å². The van der Waals surface area contributed by atoms with Gasteiger partial charge in [-0.05, 0) is 19.4 Å². The molecule has 0 amide bonds. The molecule has 0 aliphatic carbocycles. The Hall–Kier alpha value is -0.940. The van der Waals surface area contributed by atoms with E-state index < -0.39 is 5.60 Å². The van der Waals surface area contributed by atoms with Crippen LogP contribution in [-0.4, -0.2) is 67.4 Å². The second kappa shape index (κ2) is 7.90. The molecule has 1 aliphatic rings. The molecule has 0 aromatic heterocycles. The average Bonchev–Trinajstić information content (AvgIpc) is 2.50. The van der Waals surface area contributed by atoms with Crippen LogP contribution in [0.15, 0.2) is 30.3 Å². The van der Waals surface area contributed by atoms with Crippen molar-refractivity contribution < 1.29 is 9.84 Å². The Labute approximate surface area is 128 Å². The highest BCUT2D eigenvalue weighted by molar-refractivity contribution is 5.21. The summed E-state index contributed by atoms with van der Waals surface area (Å²) < 4.78 is 5.41. The fourth-order valence-electron chi connectivity index (χ4n) is 2.83. The van der Waals surface area contributed by atoms with Gasteiger partial charge in [0, 0.05) is 45.9 Å². The molecule has 118 valence electrons. The maximum absolute atomic E-state index is 10.7. The first-order valence-corrected chi connectivity index (χ1v) is 7.92. The maximum atomic E-state index is 10.7. The number of hydrogen-bond acceptors (Lipinski definition) is 4. The van der Waals surface area contributed by atoms with Gasteiger partial charge in [0.2, 0.25) is 0 Å². The molecule has 1 aromatic rings. The summed E-state index contributed by atoms with van der Waals surface area (Å²) in [6, 6.07) is 9.94. The molecule has 1 N–H and O–H groups in total. The zero-order valence-electron chi connectivity index (χ0n) is 13.3. The molecular weight excluding hydrogens is 264 g/mol. The number of piperazine rings is 1. The molecule has 0 radical (unpaired) electrons. The largest absolute Gasteiger partial charge is 0.384 e. The van der Waals surface area contributed by atoms with E-state index in [1.54, 1.807) is 0 Å². The molecule has 2 rings (SSSR count). The van der Waals surface area contributed by atoms with E-state index >= 15 is 0 Å². The number of ether oxygens (including phenoxy) is 1. The number of rotatable bonds is 7. The molecule has 1 heterocycles. The Morgan fingerprint density at radius 3 is 2.33 bits per heavy atom. The molecule has 0 bridgehead atoms. The quantitative estimate of drug-likeness (QED) is 0.774. The minimum atomic E-state index is -0.783. The Morgan fingerprint density at radius 2 is 1.71 bits per heavy atom. The minimum absolute atomic E-state index is 0.691. The van der Waals surface area contributed by atoms with Gasteiger partial charge in [-0.2, -0.15) is 0 Å². The van der Waals surface area contributed by atoms with E-state index in [2.05, 4.69) is 9.80 Å². The van der Waals surface area contributed by atoms with E-state index in [-0.39, 0.29) is 0 Å². The Kier molecular flexibility index (Phi) is 6.18. The molecule has 1 fully saturated rings. The van der Waals surface area contributed by atoms with Crippen LogP contribution in [-0.2, 0) is 10.3 Å². The third-order valence-electron chi connectivity index (χ3n) is 4.15. The van der Waals surface area contributed by atoms with Crippen molar-refractivity contribution in [1.82, 2.24) is 9.80 Å². The van der Waals surface area contributed by atoms with Crippen molar-refractivity contribution in [3.8, 4) is 0 Å². The number of benzene rings is 1. The van der Waals surface area contributed by atoms with Crippen LogP contribution in [0.2, 0.25) is 0 Å². The Morgan fingerprint density at radius 1 is 1.10 bits per heavy atom. The minimum Gasteiger partial charge on any atom is -0.384 e. The normalized spacial score (nSPS) is 20.3. The summed E-state index contributed by atoms with van der Waals surface area (Å²) in [5.41, 5.74) is 0.207. The van der Waals surface area contributed by atoms with E-state index in [0.29, 0.717) is 6.54 Å². The van der Waals surface area contributed by atoms with Crippen LogP contribution in [0.4, 0.5) is 0 Å². The predicted molar refractivity (Wildman–Crippen MR) is 85.4 cm³/mol. The van der Waals surface area contributed by atoms with Crippen molar-refractivity contribution in [3.05, 3.63) is 35.9 Å². The fraction of sp³-hybridized carbons (Fsp3) is 0.647. The van der Waals surface area contributed by atoms with Crippen LogP contribution < -0.4 is 0 Å². The molecule has 21 heavy (non-hydrogen) atoms. The van der Waals surface area contributed by atoms with Gasteiger partial charge in [0.25, 0.3) is 0 Å². The van der Waals surface area contributed by atoms with E-state index in [0.717, 1.165) is 51.5 Å². The molecule has 4 heteroatoms. The SMILES string of the molecule is CCOCCN1CCN(C[C@@](C)(O)c2ccccc2)CC1. The first-order chi connectivity index (χ1) is 10.1.